The summed E-state index contributed by atoms with van der Waals surface area (Å²) >= 11 is 1.70. The van der Waals surface area contributed by atoms with Crippen molar-refractivity contribution in [3.05, 3.63) is 29.0 Å². The van der Waals surface area contributed by atoms with Crippen molar-refractivity contribution < 1.29 is 4.79 Å². The van der Waals surface area contributed by atoms with Gasteiger partial charge in [0, 0.05) is 55.9 Å². The molecule has 2 aromatic rings. The van der Waals surface area contributed by atoms with Crippen LogP contribution in [0.5, 0.6) is 0 Å². The molecule has 3 unspecified atom stereocenters. The number of fused-ring (bicyclic) bond motifs is 1. The summed E-state index contributed by atoms with van der Waals surface area (Å²) in [6.07, 6.45) is 5.33. The molecule has 0 spiro atoms. The Morgan fingerprint density at radius 2 is 2.12 bits per heavy atom. The first-order valence-corrected chi connectivity index (χ1v) is 10.4. The number of carbonyl (C=O) groups excluding carboxylic acids is 1. The van der Waals surface area contributed by atoms with Gasteiger partial charge in [0.25, 0.3) is 0 Å². The maximum atomic E-state index is 13.4. The molecule has 3 saturated carbocycles. The molecule has 26 heavy (non-hydrogen) atoms. The van der Waals surface area contributed by atoms with E-state index in [4.69, 9.17) is 0 Å². The highest BCUT2D eigenvalue weighted by Gasteiger charge is 2.64. The summed E-state index contributed by atoms with van der Waals surface area (Å²) in [5, 5.41) is 7.54. The monoisotopic (exact) mass is 371 g/mol. The van der Waals surface area contributed by atoms with Gasteiger partial charge >= 0.3 is 0 Å². The average Bonchev–Trinajstić information content (AvgIpc) is 3.38. The van der Waals surface area contributed by atoms with E-state index in [1.54, 1.807) is 11.3 Å². The van der Waals surface area contributed by atoms with Crippen molar-refractivity contribution in [2.45, 2.75) is 31.6 Å². The summed E-state index contributed by atoms with van der Waals surface area (Å²) in [5.41, 5.74) is 2.37. The number of aromatic nitrogens is 3. The van der Waals surface area contributed by atoms with Gasteiger partial charge in [0.15, 0.2) is 5.13 Å². The third-order valence-electron chi connectivity index (χ3n) is 6.72. The van der Waals surface area contributed by atoms with E-state index in [1.807, 2.05) is 24.9 Å². The van der Waals surface area contributed by atoms with Gasteiger partial charge in [0.1, 0.15) is 0 Å². The van der Waals surface area contributed by atoms with Crippen LogP contribution < -0.4 is 4.90 Å². The molecule has 1 saturated heterocycles. The summed E-state index contributed by atoms with van der Waals surface area (Å²) in [5.74, 6) is 1.10. The maximum Gasteiger partial charge on any atom is 0.227 e. The van der Waals surface area contributed by atoms with Gasteiger partial charge in [0.2, 0.25) is 5.91 Å². The molecule has 3 aliphatic carbocycles. The number of aryl methyl sites for hydroxylation is 2. The van der Waals surface area contributed by atoms with Crippen molar-refractivity contribution in [1.29, 1.82) is 0 Å². The number of thiazole rings is 1. The van der Waals surface area contributed by atoms with Crippen LogP contribution in [0, 0.1) is 18.8 Å². The molecular weight excluding hydrogens is 346 g/mol. The van der Waals surface area contributed by atoms with Gasteiger partial charge in [-0.2, -0.15) is 5.10 Å². The van der Waals surface area contributed by atoms with Crippen molar-refractivity contribution in [1.82, 2.24) is 19.7 Å². The van der Waals surface area contributed by atoms with E-state index in [9.17, 15) is 4.79 Å². The van der Waals surface area contributed by atoms with E-state index in [0.717, 1.165) is 49.8 Å². The molecule has 7 heteroatoms. The van der Waals surface area contributed by atoms with Crippen LogP contribution in [0.4, 0.5) is 5.13 Å². The minimum Gasteiger partial charge on any atom is -0.345 e. The molecule has 6 rings (SSSR count). The summed E-state index contributed by atoms with van der Waals surface area (Å²) < 4.78 is 1.98. The normalized spacial score (nSPS) is 30.5. The minimum absolute atomic E-state index is 0.0382. The third-order valence-corrected chi connectivity index (χ3v) is 7.74. The third kappa shape index (κ3) is 2.25. The van der Waals surface area contributed by atoms with E-state index in [2.05, 4.69) is 31.3 Å². The zero-order chi connectivity index (χ0) is 17.9. The molecular formula is C19H25N5OS. The number of nitrogens with zero attached hydrogens (tertiary/aromatic N) is 5. The van der Waals surface area contributed by atoms with Crippen molar-refractivity contribution >= 4 is 22.4 Å². The molecule has 2 aromatic heterocycles. The van der Waals surface area contributed by atoms with E-state index < -0.39 is 0 Å². The Labute approximate surface area is 157 Å². The zero-order valence-electron chi connectivity index (χ0n) is 15.4. The number of rotatable bonds is 3. The molecule has 1 aliphatic heterocycles. The highest BCUT2D eigenvalue weighted by molar-refractivity contribution is 7.13. The van der Waals surface area contributed by atoms with Crippen molar-refractivity contribution in [3.8, 4) is 0 Å². The van der Waals surface area contributed by atoms with Gasteiger partial charge in [-0.1, -0.05) is 0 Å². The van der Waals surface area contributed by atoms with Crippen molar-refractivity contribution in [2.24, 2.45) is 18.9 Å². The van der Waals surface area contributed by atoms with Crippen LogP contribution in [0.15, 0.2) is 17.6 Å². The largest absolute Gasteiger partial charge is 0.345 e. The van der Waals surface area contributed by atoms with Crippen LogP contribution in [0.2, 0.25) is 0 Å². The van der Waals surface area contributed by atoms with Crippen LogP contribution in [-0.2, 0) is 17.3 Å². The zero-order valence-corrected chi connectivity index (χ0v) is 16.2. The molecule has 3 heterocycles. The first kappa shape index (κ1) is 16.3. The van der Waals surface area contributed by atoms with Gasteiger partial charge in [-0.15, -0.1) is 11.3 Å². The number of carbonyl (C=O) groups is 1. The van der Waals surface area contributed by atoms with Gasteiger partial charge in [0.05, 0.1) is 11.6 Å². The predicted molar refractivity (Wildman–Crippen MR) is 101 cm³/mol. The smallest absolute Gasteiger partial charge is 0.227 e. The SMILES string of the molecule is Cc1csc(N2CCN(C(=O)C3C4CCC3(c3ccnn3C)C4)CC2)n1. The Balaban J connectivity index is 1.30. The van der Waals surface area contributed by atoms with Crippen LogP contribution in [0.3, 0.4) is 0 Å². The first-order chi connectivity index (χ1) is 12.6. The fraction of sp³-hybridized carbons (Fsp3) is 0.632. The number of hydrogen-bond donors (Lipinski definition) is 0. The molecule has 0 N–H and O–H groups in total. The molecule has 0 radical (unpaired) electrons. The Kier molecular flexibility index (Phi) is 3.64. The van der Waals surface area contributed by atoms with E-state index in [0.29, 0.717) is 11.8 Å². The lowest BCUT2D eigenvalue weighted by Crippen LogP contribution is -2.57. The van der Waals surface area contributed by atoms with Crippen molar-refractivity contribution in [2.75, 3.05) is 31.1 Å². The Bertz CT molecular complexity index is 833. The number of piperazine rings is 1. The molecule has 1 amide bonds. The molecule has 138 valence electrons. The highest BCUT2D eigenvalue weighted by Crippen LogP contribution is 2.64. The number of amides is 1. The second kappa shape index (κ2) is 5.81. The molecule has 3 atom stereocenters. The van der Waals surface area contributed by atoms with Gasteiger partial charge in [-0.05, 0) is 38.2 Å². The lowest BCUT2D eigenvalue weighted by Gasteiger charge is -2.49. The van der Waals surface area contributed by atoms with Crippen molar-refractivity contribution in [3.63, 3.8) is 0 Å². The second-order valence-corrected chi connectivity index (χ2v) is 8.90. The van der Waals surface area contributed by atoms with Gasteiger partial charge in [-0.25, -0.2) is 4.98 Å². The summed E-state index contributed by atoms with van der Waals surface area (Å²) in [6, 6.07) is 2.12. The lowest BCUT2D eigenvalue weighted by molar-refractivity contribution is -0.144. The molecule has 4 aliphatic rings. The highest BCUT2D eigenvalue weighted by atomic mass is 32.1. The average molecular weight is 372 g/mol. The van der Waals surface area contributed by atoms with Crippen LogP contribution in [-0.4, -0.2) is 51.8 Å². The standard InChI is InChI=1S/C19H25N5OS/c1-13-12-26-18(21-13)24-9-7-23(8-10-24)17(25)16-14-3-5-19(16,11-14)15-4-6-20-22(15)2/h4,6,12,14,16H,3,5,7-11H2,1-2H3. The van der Waals surface area contributed by atoms with Gasteiger partial charge in [-0.3, -0.25) is 9.48 Å². The van der Waals surface area contributed by atoms with Gasteiger partial charge < -0.3 is 9.80 Å². The molecule has 4 fully saturated rings. The summed E-state index contributed by atoms with van der Waals surface area (Å²) in [6.45, 7) is 5.41. The van der Waals surface area contributed by atoms with E-state index >= 15 is 0 Å². The molecule has 2 bridgehead atoms. The first-order valence-electron chi connectivity index (χ1n) is 9.53. The summed E-state index contributed by atoms with van der Waals surface area (Å²) in [4.78, 5) is 22.4. The Morgan fingerprint density at radius 1 is 1.31 bits per heavy atom. The topological polar surface area (TPSA) is 54.3 Å². The minimum atomic E-state index is 0.0382. The fourth-order valence-corrected chi connectivity index (χ4v) is 6.32. The van der Waals surface area contributed by atoms with Crippen LogP contribution in [0.1, 0.15) is 30.7 Å². The number of anilines is 1. The summed E-state index contributed by atoms with van der Waals surface area (Å²) in [7, 11) is 2.01. The quantitative estimate of drug-likeness (QED) is 0.830. The maximum absolute atomic E-state index is 13.4. The van der Waals surface area contributed by atoms with E-state index in [-0.39, 0.29) is 11.3 Å². The lowest BCUT2D eigenvalue weighted by atomic mass is 9.58. The Hall–Kier alpha value is -1.89. The van der Waals surface area contributed by atoms with Crippen LogP contribution >= 0.6 is 11.3 Å². The Morgan fingerprint density at radius 3 is 2.73 bits per heavy atom. The molecule has 6 nitrogen and oxygen atoms in total. The fourth-order valence-electron chi connectivity index (χ4n) is 5.47. The second-order valence-electron chi connectivity index (χ2n) is 8.06. The number of hydrogen-bond acceptors (Lipinski definition) is 5. The predicted octanol–water partition coefficient (Wildman–Crippen LogP) is 2.20. The van der Waals surface area contributed by atoms with Crippen LogP contribution in [0.25, 0.3) is 0 Å². The molecule has 0 aromatic carbocycles. The van der Waals surface area contributed by atoms with E-state index in [1.165, 1.54) is 12.1 Å².